The fourth-order valence-corrected chi connectivity index (χ4v) is 5.21. The summed E-state index contributed by atoms with van der Waals surface area (Å²) in [5, 5.41) is 19.0. The summed E-state index contributed by atoms with van der Waals surface area (Å²) in [4.78, 5) is 22.7. The van der Waals surface area contributed by atoms with Gasteiger partial charge in [-0.3, -0.25) is 4.79 Å². The van der Waals surface area contributed by atoms with Crippen molar-refractivity contribution in [2.24, 2.45) is 5.73 Å². The molecule has 0 aliphatic carbocycles. The lowest BCUT2D eigenvalue weighted by Crippen LogP contribution is -2.47. The number of aryl methyl sites for hydroxylation is 1. The van der Waals surface area contributed by atoms with Gasteiger partial charge in [-0.2, -0.15) is 0 Å². The highest BCUT2D eigenvalue weighted by Gasteiger charge is 2.31. The second-order valence-corrected chi connectivity index (χ2v) is 10.1. The van der Waals surface area contributed by atoms with Gasteiger partial charge in [-0.1, -0.05) is 60.2 Å². The number of nitrogens with zero attached hydrogens (tertiary/aromatic N) is 1. The van der Waals surface area contributed by atoms with Crippen molar-refractivity contribution in [3.63, 3.8) is 0 Å². The Morgan fingerprint density at radius 3 is 2.25 bits per heavy atom. The van der Waals surface area contributed by atoms with Crippen LogP contribution in [0, 0.1) is 6.92 Å². The topological polar surface area (TPSA) is 149 Å². The monoisotopic (exact) mass is 508 g/mol. The van der Waals surface area contributed by atoms with Crippen molar-refractivity contribution < 1.29 is 33.0 Å². The van der Waals surface area contributed by atoms with Gasteiger partial charge in [-0.05, 0) is 36.2 Å². The number of carboxylic acid groups (broad SMARTS) is 2. The molecule has 0 fully saturated rings. The third-order valence-electron chi connectivity index (χ3n) is 5.78. The van der Waals surface area contributed by atoms with Crippen molar-refractivity contribution in [2.75, 3.05) is 0 Å². The first kappa shape index (κ1) is 25.1. The molecule has 9 nitrogen and oxygen atoms in total. The average molecular weight is 509 g/mol. The standard InChI is InChI=1S/C26H24N2O7S/c1-16-7-10-19(11-8-16)36(33,34)28-14-21(18-5-3-2-4-6-18)20-12-9-17(13-22(20)28)15-35-24(26(31)32)23(27)25(29)30/h2-14,23-24H,15,27H2,1H3,(H,29,30)(H,31,32)/t23-,24-/m0/s1. The molecule has 10 heteroatoms. The number of aliphatic carboxylic acids is 2. The Morgan fingerprint density at radius 2 is 1.64 bits per heavy atom. The summed E-state index contributed by atoms with van der Waals surface area (Å²) in [6, 6.07) is 19.0. The molecule has 0 saturated heterocycles. The van der Waals surface area contributed by atoms with Gasteiger partial charge in [-0.15, -0.1) is 0 Å². The lowest BCUT2D eigenvalue weighted by Gasteiger charge is -2.17. The molecule has 0 radical (unpaired) electrons. The van der Waals surface area contributed by atoms with E-state index in [0.29, 0.717) is 22.0 Å². The number of carbonyl (C=O) groups is 2. The number of hydrogen-bond acceptors (Lipinski definition) is 6. The molecule has 0 aliphatic heterocycles. The molecule has 1 aromatic heterocycles. The Morgan fingerprint density at radius 1 is 0.972 bits per heavy atom. The molecule has 0 aliphatic rings. The maximum absolute atomic E-state index is 13.6. The van der Waals surface area contributed by atoms with E-state index in [0.717, 1.165) is 11.1 Å². The van der Waals surface area contributed by atoms with E-state index in [1.807, 2.05) is 37.3 Å². The molecule has 4 aromatic rings. The number of aromatic nitrogens is 1. The van der Waals surface area contributed by atoms with Gasteiger partial charge in [0.1, 0.15) is 6.04 Å². The van der Waals surface area contributed by atoms with Crippen LogP contribution in [0.15, 0.2) is 83.9 Å². The molecule has 0 bridgehead atoms. The van der Waals surface area contributed by atoms with E-state index in [2.05, 4.69) is 0 Å². The second kappa shape index (κ2) is 9.94. The molecule has 2 atom stereocenters. The summed E-state index contributed by atoms with van der Waals surface area (Å²) in [6.07, 6.45) is -0.221. The minimum atomic E-state index is -3.97. The van der Waals surface area contributed by atoms with E-state index < -0.39 is 34.1 Å². The van der Waals surface area contributed by atoms with Gasteiger partial charge in [0.25, 0.3) is 10.0 Å². The molecule has 0 saturated carbocycles. The van der Waals surface area contributed by atoms with E-state index in [9.17, 15) is 23.1 Å². The summed E-state index contributed by atoms with van der Waals surface area (Å²) < 4.78 is 33.7. The van der Waals surface area contributed by atoms with E-state index >= 15 is 0 Å². The molecule has 4 N–H and O–H groups in total. The molecular weight excluding hydrogens is 484 g/mol. The first-order valence-corrected chi connectivity index (χ1v) is 12.4. The summed E-state index contributed by atoms with van der Waals surface area (Å²) in [5.41, 5.74) is 8.71. The molecule has 0 unspecified atom stereocenters. The minimum absolute atomic E-state index is 0.115. The number of fused-ring (bicyclic) bond motifs is 1. The zero-order valence-corrected chi connectivity index (χ0v) is 20.1. The van der Waals surface area contributed by atoms with Crippen LogP contribution in [0.3, 0.4) is 0 Å². The van der Waals surface area contributed by atoms with Crippen molar-refractivity contribution in [3.8, 4) is 11.1 Å². The zero-order chi connectivity index (χ0) is 26.0. The SMILES string of the molecule is Cc1ccc(S(=O)(=O)n2cc(-c3ccccc3)c3ccc(CO[C@H](C(=O)O)[C@H](N)C(=O)O)cc32)cc1. The van der Waals surface area contributed by atoms with Crippen LogP contribution in [0.5, 0.6) is 0 Å². The van der Waals surface area contributed by atoms with Gasteiger partial charge in [0.15, 0.2) is 6.10 Å². The summed E-state index contributed by atoms with van der Waals surface area (Å²) >= 11 is 0. The van der Waals surface area contributed by atoms with Gasteiger partial charge in [0.2, 0.25) is 0 Å². The van der Waals surface area contributed by atoms with E-state index in [1.54, 1.807) is 36.5 Å². The van der Waals surface area contributed by atoms with Gasteiger partial charge < -0.3 is 20.7 Å². The van der Waals surface area contributed by atoms with Crippen LogP contribution >= 0.6 is 0 Å². The van der Waals surface area contributed by atoms with Crippen molar-refractivity contribution in [1.29, 1.82) is 0 Å². The first-order chi connectivity index (χ1) is 17.1. The summed E-state index contributed by atoms with van der Waals surface area (Å²) in [5.74, 6) is -3.02. The average Bonchev–Trinajstić information content (AvgIpc) is 3.24. The Bertz CT molecular complexity index is 1530. The van der Waals surface area contributed by atoms with Crippen LogP contribution < -0.4 is 5.73 Å². The van der Waals surface area contributed by atoms with Crippen LogP contribution in [0.25, 0.3) is 22.0 Å². The van der Waals surface area contributed by atoms with Crippen molar-refractivity contribution in [1.82, 2.24) is 3.97 Å². The predicted octanol–water partition coefficient (Wildman–Crippen LogP) is 3.24. The fourth-order valence-electron chi connectivity index (χ4n) is 3.85. The van der Waals surface area contributed by atoms with Gasteiger partial charge in [0, 0.05) is 17.1 Å². The van der Waals surface area contributed by atoms with Crippen molar-refractivity contribution >= 4 is 32.9 Å². The molecule has 3 aromatic carbocycles. The molecule has 36 heavy (non-hydrogen) atoms. The minimum Gasteiger partial charge on any atom is -0.480 e. The fraction of sp³-hybridized carbons (Fsp3) is 0.154. The molecule has 0 amide bonds. The number of hydrogen-bond donors (Lipinski definition) is 3. The first-order valence-electron chi connectivity index (χ1n) is 10.9. The maximum atomic E-state index is 13.6. The van der Waals surface area contributed by atoms with E-state index in [4.69, 9.17) is 15.6 Å². The van der Waals surface area contributed by atoms with Gasteiger partial charge in [-0.25, -0.2) is 17.2 Å². The van der Waals surface area contributed by atoms with Crippen LogP contribution in [-0.2, 0) is 31.0 Å². The largest absolute Gasteiger partial charge is 0.480 e. The lowest BCUT2D eigenvalue weighted by molar-refractivity contribution is -0.159. The smallest absolute Gasteiger partial charge is 0.335 e. The number of rotatable bonds is 9. The second-order valence-electron chi connectivity index (χ2n) is 8.31. The van der Waals surface area contributed by atoms with E-state index in [-0.39, 0.29) is 11.5 Å². The highest BCUT2D eigenvalue weighted by Crippen LogP contribution is 2.34. The van der Waals surface area contributed by atoms with Gasteiger partial charge >= 0.3 is 11.9 Å². The molecule has 1 heterocycles. The molecular formula is C26H24N2O7S. The van der Waals surface area contributed by atoms with Crippen molar-refractivity contribution in [2.45, 2.75) is 30.6 Å². The Balaban J connectivity index is 1.81. The summed E-state index contributed by atoms with van der Waals surface area (Å²) in [7, 11) is -3.97. The van der Waals surface area contributed by atoms with Crippen LogP contribution in [0.1, 0.15) is 11.1 Å². The third-order valence-corrected chi connectivity index (χ3v) is 7.47. The van der Waals surface area contributed by atoms with Crippen molar-refractivity contribution in [3.05, 3.63) is 90.1 Å². The Kier molecular flexibility index (Phi) is 6.93. The zero-order valence-electron chi connectivity index (χ0n) is 19.2. The third kappa shape index (κ3) is 4.87. The number of nitrogens with two attached hydrogens (primary N) is 1. The normalized spacial score (nSPS) is 13.4. The molecule has 186 valence electrons. The van der Waals surface area contributed by atoms with Crippen LogP contribution in [-0.4, -0.2) is 46.7 Å². The van der Waals surface area contributed by atoms with Crippen LogP contribution in [0.4, 0.5) is 0 Å². The quantitative estimate of drug-likeness (QED) is 0.312. The highest BCUT2D eigenvalue weighted by atomic mass is 32.2. The number of carboxylic acids is 2. The Hall–Kier alpha value is -3.99. The predicted molar refractivity (Wildman–Crippen MR) is 133 cm³/mol. The summed E-state index contributed by atoms with van der Waals surface area (Å²) in [6.45, 7) is 1.58. The number of ether oxygens (including phenoxy) is 1. The maximum Gasteiger partial charge on any atom is 0.335 e. The number of benzene rings is 3. The van der Waals surface area contributed by atoms with Crippen LogP contribution in [0.2, 0.25) is 0 Å². The molecule has 4 rings (SSSR count). The Labute approximate surface area is 207 Å². The lowest BCUT2D eigenvalue weighted by atomic mass is 10.0. The van der Waals surface area contributed by atoms with E-state index in [1.165, 1.54) is 16.1 Å². The molecule has 0 spiro atoms. The highest BCUT2D eigenvalue weighted by molar-refractivity contribution is 7.90. The van der Waals surface area contributed by atoms with Gasteiger partial charge in [0.05, 0.1) is 17.0 Å².